The fourth-order valence-corrected chi connectivity index (χ4v) is 13.7. The number of hydrogen-bond acceptors (Lipinski definition) is 10. The van der Waals surface area contributed by atoms with Gasteiger partial charge in [0, 0.05) is 33.0 Å². The van der Waals surface area contributed by atoms with Crippen LogP contribution in [0, 0.1) is 118 Å². The Balaban J connectivity index is 0.000000174. The van der Waals surface area contributed by atoms with Crippen LogP contribution in [0.2, 0.25) is 0 Å². The van der Waals surface area contributed by atoms with Crippen molar-refractivity contribution in [1.82, 2.24) is 9.97 Å². The van der Waals surface area contributed by atoms with E-state index in [9.17, 15) is 38.4 Å². The Morgan fingerprint density at radius 3 is 0.880 bits per heavy atom. The third kappa shape index (κ3) is 7.56. The van der Waals surface area contributed by atoms with Gasteiger partial charge in [-0.05, 0) is 261 Å². The maximum atomic E-state index is 14.0. The number of benzene rings is 6. The number of imide groups is 2. The van der Waals surface area contributed by atoms with Crippen molar-refractivity contribution in [2.75, 3.05) is 9.80 Å². The van der Waals surface area contributed by atoms with Gasteiger partial charge in [-0.1, -0.05) is 19.1 Å². The molecule has 4 heterocycles. The minimum Gasteiger partial charge on any atom is -0.293 e. The van der Waals surface area contributed by atoms with E-state index in [4.69, 9.17) is 9.97 Å². The number of Topliss-reactive ketones (excluding diaryl/α,β-unsaturated/α-hetero) is 4. The number of carbonyl (C=O) groups is 8. The van der Waals surface area contributed by atoms with Gasteiger partial charge < -0.3 is 0 Å². The van der Waals surface area contributed by atoms with Gasteiger partial charge in [-0.25, -0.2) is 9.80 Å². The molecule has 12 heteroatoms. The SMILES string of the molecule is CCc1ccc2nc(C3C(=O)c4c(C)c(C)c(C)c(C)c4C3=O)ccc2c1N1C(=O)c2c(C)c(C)c(C)c(C)c2C1=O.Cc1ccc2nc(C3C(=O)c4c(C)c(C)c(C)c(C)c4C3=O)ccc2c1N1C(=O)c2c(C)c(C)c(C)c(C)c2C1=O. The molecule has 0 spiro atoms. The van der Waals surface area contributed by atoms with Crippen LogP contribution in [0.3, 0.4) is 0 Å². The summed E-state index contributed by atoms with van der Waals surface area (Å²) in [5, 5.41) is 1.24. The lowest BCUT2D eigenvalue weighted by atomic mass is 9.90. The lowest BCUT2D eigenvalue weighted by Crippen LogP contribution is -2.31. The Morgan fingerprint density at radius 2 is 0.578 bits per heavy atom. The minimum absolute atomic E-state index is 0.229. The molecule has 0 N–H and O–H groups in total. The number of aromatic nitrogens is 2. The Morgan fingerprint density at radius 1 is 0.313 bits per heavy atom. The van der Waals surface area contributed by atoms with Gasteiger partial charge in [-0.3, -0.25) is 48.3 Å². The smallest absolute Gasteiger partial charge is 0.266 e. The van der Waals surface area contributed by atoms with Crippen LogP contribution in [0.4, 0.5) is 11.4 Å². The molecule has 2 aliphatic heterocycles. The third-order valence-electron chi connectivity index (χ3n) is 19.9. The summed E-state index contributed by atoms with van der Waals surface area (Å²) in [4.78, 5) is 123. The van der Waals surface area contributed by atoms with Crippen LogP contribution < -0.4 is 9.80 Å². The van der Waals surface area contributed by atoms with E-state index in [0.29, 0.717) is 95.5 Å². The second kappa shape index (κ2) is 19.4. The van der Waals surface area contributed by atoms with E-state index in [1.807, 2.05) is 149 Å². The number of ketones is 4. The number of rotatable bonds is 5. The largest absolute Gasteiger partial charge is 0.293 e. The van der Waals surface area contributed by atoms with Gasteiger partial charge in [-0.2, -0.15) is 0 Å². The van der Waals surface area contributed by atoms with Crippen LogP contribution in [0.1, 0.15) is 213 Å². The summed E-state index contributed by atoms with van der Waals surface area (Å²) in [6, 6.07) is 14.3. The number of pyridine rings is 2. The molecule has 0 radical (unpaired) electrons. The van der Waals surface area contributed by atoms with Crippen molar-refractivity contribution >= 4 is 79.9 Å². The van der Waals surface area contributed by atoms with E-state index >= 15 is 0 Å². The summed E-state index contributed by atoms with van der Waals surface area (Å²) in [6.07, 6.45) is 0.600. The van der Waals surface area contributed by atoms with E-state index < -0.39 is 11.8 Å². The van der Waals surface area contributed by atoms with Crippen LogP contribution in [-0.2, 0) is 6.42 Å². The van der Waals surface area contributed by atoms with E-state index in [1.165, 1.54) is 9.80 Å². The lowest BCUT2D eigenvalue weighted by Gasteiger charge is -2.21. The van der Waals surface area contributed by atoms with Crippen molar-refractivity contribution in [2.45, 2.75) is 143 Å². The maximum Gasteiger partial charge on any atom is 0.266 e. The summed E-state index contributed by atoms with van der Waals surface area (Å²) in [5.41, 5.74) is 22.9. The Labute approximate surface area is 483 Å². The van der Waals surface area contributed by atoms with Gasteiger partial charge in [0.15, 0.2) is 23.1 Å². The number of nitrogens with zero attached hydrogens (tertiary/aromatic N) is 4. The molecule has 4 aliphatic rings. The number of aryl methyl sites for hydroxylation is 2. The molecule has 0 bridgehead atoms. The summed E-state index contributed by atoms with van der Waals surface area (Å²) >= 11 is 0. The first-order chi connectivity index (χ1) is 39.1. The molecule has 8 aromatic rings. The Bertz CT molecular complexity index is 4330. The van der Waals surface area contributed by atoms with E-state index in [1.54, 1.807) is 24.3 Å². The van der Waals surface area contributed by atoms with Crippen molar-refractivity contribution in [2.24, 2.45) is 0 Å². The monoisotopic (exact) mass is 1100 g/mol. The van der Waals surface area contributed by atoms with E-state index in [2.05, 4.69) is 0 Å². The van der Waals surface area contributed by atoms with Crippen molar-refractivity contribution in [3.05, 3.63) is 205 Å². The summed E-state index contributed by atoms with van der Waals surface area (Å²) in [7, 11) is 0. The zero-order chi connectivity index (χ0) is 60.3. The van der Waals surface area contributed by atoms with Crippen LogP contribution in [0.25, 0.3) is 21.8 Å². The Hall–Kier alpha value is -8.90. The molecule has 0 saturated carbocycles. The highest BCUT2D eigenvalue weighted by molar-refractivity contribution is 6.39. The molecule has 2 aliphatic carbocycles. The van der Waals surface area contributed by atoms with Gasteiger partial charge in [0.2, 0.25) is 0 Å². The van der Waals surface area contributed by atoms with Crippen LogP contribution in [0.15, 0.2) is 48.5 Å². The van der Waals surface area contributed by atoms with Gasteiger partial charge in [0.1, 0.15) is 11.8 Å². The molecule has 12 rings (SSSR count). The second-order valence-corrected chi connectivity index (χ2v) is 23.5. The quantitative estimate of drug-likeness (QED) is 0.119. The highest BCUT2D eigenvalue weighted by Crippen LogP contribution is 2.46. The van der Waals surface area contributed by atoms with Crippen LogP contribution >= 0.6 is 0 Å². The average Bonchev–Trinajstić information content (AvgIpc) is 2.02. The number of hydrogen-bond donors (Lipinski definition) is 0. The van der Waals surface area contributed by atoms with Crippen molar-refractivity contribution in [1.29, 1.82) is 0 Å². The summed E-state index contributed by atoms with van der Waals surface area (Å²) < 4.78 is 0. The lowest BCUT2D eigenvalue weighted by molar-refractivity contribution is 0.0871. The van der Waals surface area contributed by atoms with Crippen molar-refractivity contribution < 1.29 is 38.4 Å². The molecule has 4 amide bonds. The van der Waals surface area contributed by atoms with Gasteiger partial charge in [0.25, 0.3) is 23.6 Å². The predicted molar refractivity (Wildman–Crippen MR) is 324 cm³/mol. The normalized spacial score (nSPS) is 15.0. The molecule has 83 heavy (non-hydrogen) atoms. The molecule has 12 nitrogen and oxygen atoms in total. The molecular formula is C71H66N4O8. The maximum absolute atomic E-state index is 14.0. The minimum atomic E-state index is -1.02. The fraction of sp³-hybridized carbons (Fsp3) is 0.296. The Kier molecular flexibility index (Phi) is 13.1. The zero-order valence-corrected chi connectivity index (χ0v) is 50.5. The van der Waals surface area contributed by atoms with Crippen LogP contribution in [0.5, 0.6) is 0 Å². The third-order valence-corrected chi connectivity index (χ3v) is 19.9. The number of amides is 4. The molecule has 0 saturated heterocycles. The highest BCUT2D eigenvalue weighted by atomic mass is 16.2. The standard InChI is InChI=1S/C36H34N2O4.C35H32N2O4/c1-10-23-11-13-25-24(32(23)38-35(41)29-21(8)17(4)18(5)22(9)30(29)36(38)42)12-14-26(37-25)31-33(39)27-19(6)15(2)16(3)20(7)28(27)34(31)40;1-14-10-12-24-23(31(14)37-34(40)28-21(8)17(4)18(5)22(9)29(28)35(37)41)11-13-25(36-24)30-32(38)26-19(6)15(2)16(3)20(7)27(26)33(30)39/h11-14,31H,10H2,1-9H3;10-13,30H,1-9H3. The van der Waals surface area contributed by atoms with Crippen LogP contribution in [-0.4, -0.2) is 56.7 Å². The summed E-state index contributed by atoms with van der Waals surface area (Å²) in [5.74, 6) is -4.32. The second-order valence-electron chi connectivity index (χ2n) is 23.5. The van der Waals surface area contributed by atoms with Gasteiger partial charge >= 0.3 is 0 Å². The average molecular weight is 1100 g/mol. The molecular weight excluding hydrogens is 1040 g/mol. The molecule has 0 unspecified atom stereocenters. The first-order valence-corrected chi connectivity index (χ1v) is 28.3. The van der Waals surface area contributed by atoms with Gasteiger partial charge in [-0.15, -0.1) is 0 Å². The molecule has 0 fully saturated rings. The molecule has 2 aromatic heterocycles. The number of fused-ring (bicyclic) bond motifs is 6. The molecule has 418 valence electrons. The summed E-state index contributed by atoms with van der Waals surface area (Å²) in [6.45, 7) is 34.8. The first-order valence-electron chi connectivity index (χ1n) is 28.3. The molecule has 0 atom stereocenters. The molecule has 6 aromatic carbocycles. The zero-order valence-electron chi connectivity index (χ0n) is 50.5. The number of anilines is 2. The van der Waals surface area contributed by atoms with Gasteiger partial charge in [0.05, 0.1) is 56.0 Å². The predicted octanol–water partition coefficient (Wildman–Crippen LogP) is 14.2. The van der Waals surface area contributed by atoms with E-state index in [-0.39, 0.29) is 46.8 Å². The van der Waals surface area contributed by atoms with Crippen molar-refractivity contribution in [3.63, 3.8) is 0 Å². The topological polar surface area (TPSA) is 169 Å². The first kappa shape index (κ1) is 56.0. The fourth-order valence-electron chi connectivity index (χ4n) is 13.7. The van der Waals surface area contributed by atoms with Crippen molar-refractivity contribution in [3.8, 4) is 0 Å². The highest BCUT2D eigenvalue weighted by Gasteiger charge is 2.47. The number of carbonyl (C=O) groups excluding carboxylic acids is 8. The van der Waals surface area contributed by atoms with E-state index in [0.717, 1.165) is 100 Å².